The van der Waals surface area contributed by atoms with Crippen molar-refractivity contribution in [3.8, 4) is 0 Å². The van der Waals surface area contributed by atoms with E-state index in [0.717, 1.165) is 28.2 Å². The molecule has 3 N–H and O–H groups in total. The number of carboxylic acids is 1. The van der Waals surface area contributed by atoms with Crippen molar-refractivity contribution < 1.29 is 33.8 Å². The van der Waals surface area contributed by atoms with Crippen LogP contribution >= 0.6 is 23.1 Å². The molecule has 4 rings (SSSR count). The van der Waals surface area contributed by atoms with Crippen molar-refractivity contribution in [1.29, 1.82) is 0 Å². The summed E-state index contributed by atoms with van der Waals surface area (Å²) in [5.74, 6) is -2.79. The first kappa shape index (κ1) is 30.5. The van der Waals surface area contributed by atoms with Crippen molar-refractivity contribution in [2.24, 2.45) is 0 Å². The van der Waals surface area contributed by atoms with Crippen LogP contribution in [0.3, 0.4) is 0 Å². The number of thioether (sulfide) groups is 1. The molecule has 1 aliphatic rings. The second kappa shape index (κ2) is 14.0. The number of fused-ring (bicyclic) bond motifs is 1. The van der Waals surface area contributed by atoms with Gasteiger partial charge in [-0.2, -0.15) is 0 Å². The highest BCUT2D eigenvalue weighted by atomic mass is 32.2. The van der Waals surface area contributed by atoms with E-state index >= 15 is 0 Å². The van der Waals surface area contributed by atoms with Gasteiger partial charge >= 0.3 is 11.9 Å². The average molecular weight is 608 g/mol. The van der Waals surface area contributed by atoms with Crippen molar-refractivity contribution in [3.63, 3.8) is 0 Å². The average Bonchev–Trinajstić information content (AvgIpc) is 3.32. The van der Waals surface area contributed by atoms with Crippen LogP contribution < -0.4 is 10.6 Å². The highest BCUT2D eigenvalue weighted by Gasteiger charge is 2.32. The monoisotopic (exact) mass is 607 g/mol. The molecule has 0 saturated carbocycles. The first-order valence-corrected chi connectivity index (χ1v) is 14.8. The van der Waals surface area contributed by atoms with Crippen molar-refractivity contribution in [2.45, 2.75) is 37.0 Å². The van der Waals surface area contributed by atoms with E-state index < -0.39 is 23.1 Å². The van der Waals surface area contributed by atoms with E-state index in [2.05, 4.69) is 10.6 Å². The summed E-state index contributed by atoms with van der Waals surface area (Å²) in [5.41, 5.74) is 2.26. The molecule has 1 unspecified atom stereocenters. The third kappa shape index (κ3) is 7.65. The molecule has 0 aliphatic carbocycles. The lowest BCUT2D eigenvalue weighted by atomic mass is 10.0. The predicted molar refractivity (Wildman–Crippen MR) is 161 cm³/mol. The summed E-state index contributed by atoms with van der Waals surface area (Å²) in [5, 5.41) is 14.0. The first-order chi connectivity index (χ1) is 20.2. The Balaban J connectivity index is 1.62. The van der Waals surface area contributed by atoms with Gasteiger partial charge in [-0.15, -0.1) is 23.1 Å². The zero-order valence-corrected chi connectivity index (χ0v) is 24.6. The smallest absolute Gasteiger partial charge is 0.341 e. The number of ether oxygens (including phenoxy) is 1. The van der Waals surface area contributed by atoms with Gasteiger partial charge in [0, 0.05) is 41.1 Å². The maximum absolute atomic E-state index is 13.9. The summed E-state index contributed by atoms with van der Waals surface area (Å²) in [6, 6.07) is 16.0. The van der Waals surface area contributed by atoms with Crippen molar-refractivity contribution >= 4 is 63.4 Å². The van der Waals surface area contributed by atoms with Crippen molar-refractivity contribution in [1.82, 2.24) is 4.90 Å². The van der Waals surface area contributed by atoms with Gasteiger partial charge in [0.2, 0.25) is 17.7 Å². The van der Waals surface area contributed by atoms with Crippen LogP contribution in [0.4, 0.5) is 10.7 Å². The Bertz CT molecular complexity index is 1530. The van der Waals surface area contributed by atoms with Crippen LogP contribution in [-0.2, 0) is 36.9 Å². The Labute approximate surface area is 250 Å². The van der Waals surface area contributed by atoms with E-state index in [1.807, 2.05) is 30.3 Å². The van der Waals surface area contributed by atoms with E-state index in [-0.39, 0.29) is 18.4 Å². The Morgan fingerprint density at radius 2 is 1.83 bits per heavy atom. The first-order valence-electron chi connectivity index (χ1n) is 13.1. The van der Waals surface area contributed by atoms with E-state index in [4.69, 9.17) is 9.84 Å². The number of nitrogens with zero attached hydrogens (tertiary/aromatic N) is 1. The highest BCUT2D eigenvalue weighted by molar-refractivity contribution is 8.00. The second-order valence-corrected chi connectivity index (χ2v) is 11.5. The fraction of sp³-hybridized carbons (Fsp3) is 0.233. The maximum Gasteiger partial charge on any atom is 0.341 e. The number of nitrogens with one attached hydrogen (secondary N) is 2. The molecule has 3 amide bonds. The number of carboxylic acid groups (broad SMARTS) is 1. The van der Waals surface area contributed by atoms with Gasteiger partial charge in [-0.1, -0.05) is 36.4 Å². The second-order valence-electron chi connectivity index (χ2n) is 9.21. The number of benzene rings is 2. The van der Waals surface area contributed by atoms with E-state index in [1.165, 1.54) is 30.0 Å². The van der Waals surface area contributed by atoms with Gasteiger partial charge in [0.1, 0.15) is 10.3 Å². The van der Waals surface area contributed by atoms with Gasteiger partial charge in [0.25, 0.3) is 0 Å². The van der Waals surface area contributed by atoms with Gasteiger partial charge in [0.05, 0.1) is 18.7 Å². The lowest BCUT2D eigenvalue weighted by Crippen LogP contribution is -2.34. The van der Waals surface area contributed by atoms with Crippen molar-refractivity contribution in [3.05, 3.63) is 88.3 Å². The predicted octanol–water partition coefficient (Wildman–Crippen LogP) is 4.88. The minimum absolute atomic E-state index is 0.0609. The molecule has 1 aliphatic heterocycles. The van der Waals surface area contributed by atoms with E-state index in [9.17, 15) is 24.0 Å². The van der Waals surface area contributed by atoms with Gasteiger partial charge in [-0.3, -0.25) is 14.4 Å². The number of hydrogen-bond acceptors (Lipinski definition) is 8. The molecule has 12 heteroatoms. The normalized spacial score (nSPS) is 13.2. The Morgan fingerprint density at radius 3 is 2.52 bits per heavy atom. The molecule has 2 heterocycles. The minimum Gasteiger partial charge on any atom is -0.478 e. The van der Waals surface area contributed by atoms with E-state index in [1.54, 1.807) is 36.1 Å². The number of hydrogen-bond donors (Lipinski definition) is 3. The van der Waals surface area contributed by atoms with Gasteiger partial charge in [-0.05, 0) is 42.7 Å². The summed E-state index contributed by atoms with van der Waals surface area (Å²) >= 11 is 2.52. The molecule has 218 valence electrons. The van der Waals surface area contributed by atoms with Gasteiger partial charge < -0.3 is 25.4 Å². The highest BCUT2D eigenvalue weighted by Crippen LogP contribution is 2.41. The minimum atomic E-state index is -1.24. The number of carbonyl (C=O) groups excluding carboxylic acids is 4. The van der Waals surface area contributed by atoms with Crippen LogP contribution in [0.1, 0.15) is 45.5 Å². The number of thiophene rings is 1. The SMILES string of the molecule is CCOC(=O)c1c(NC(=O)C(Sc2cccc(NC(=O)/C=C/C(=O)O)c2)c2ccccc2)sc2c1CCN(C(C)=O)C2. The molecule has 0 radical (unpaired) electrons. The fourth-order valence-corrected chi connectivity index (χ4v) is 6.71. The van der Waals surface area contributed by atoms with Crippen LogP contribution in [0.25, 0.3) is 0 Å². The summed E-state index contributed by atoms with van der Waals surface area (Å²) in [4.78, 5) is 64.9. The van der Waals surface area contributed by atoms with E-state index in [0.29, 0.717) is 40.7 Å². The molecule has 0 fully saturated rings. The summed E-state index contributed by atoms with van der Waals surface area (Å²) < 4.78 is 5.32. The molecule has 2 aromatic carbocycles. The topological polar surface area (TPSA) is 142 Å². The number of esters is 1. The van der Waals surface area contributed by atoms with Crippen LogP contribution in [0.5, 0.6) is 0 Å². The summed E-state index contributed by atoms with van der Waals surface area (Å²) in [7, 11) is 0. The molecule has 0 saturated heterocycles. The van der Waals surface area contributed by atoms with Crippen LogP contribution in [0.15, 0.2) is 71.6 Å². The molecule has 0 bridgehead atoms. The molecule has 1 atom stereocenters. The number of anilines is 2. The lowest BCUT2D eigenvalue weighted by molar-refractivity contribution is -0.132. The third-order valence-electron chi connectivity index (χ3n) is 6.29. The number of aliphatic carboxylic acids is 1. The largest absolute Gasteiger partial charge is 0.478 e. The number of amides is 3. The molecular formula is C30H29N3O7S2. The quantitative estimate of drug-likeness (QED) is 0.168. The fourth-order valence-electron chi connectivity index (χ4n) is 4.37. The number of carbonyl (C=O) groups is 5. The Kier molecular flexibility index (Phi) is 10.2. The van der Waals surface area contributed by atoms with Crippen LogP contribution in [0, 0.1) is 0 Å². The molecule has 10 nitrogen and oxygen atoms in total. The van der Waals surface area contributed by atoms with Gasteiger partial charge in [-0.25, -0.2) is 9.59 Å². The molecule has 1 aromatic heterocycles. The van der Waals surface area contributed by atoms with Crippen LogP contribution in [0.2, 0.25) is 0 Å². The maximum atomic E-state index is 13.9. The molecule has 42 heavy (non-hydrogen) atoms. The zero-order chi connectivity index (χ0) is 30.2. The Hall–Kier alpha value is -4.42. The zero-order valence-electron chi connectivity index (χ0n) is 22.9. The molecular weight excluding hydrogens is 578 g/mol. The van der Waals surface area contributed by atoms with Crippen molar-refractivity contribution in [2.75, 3.05) is 23.8 Å². The van der Waals surface area contributed by atoms with Crippen LogP contribution in [-0.4, -0.2) is 52.8 Å². The van der Waals surface area contributed by atoms with Gasteiger partial charge in [0.15, 0.2) is 0 Å². The summed E-state index contributed by atoms with van der Waals surface area (Å²) in [6.07, 6.45) is 2.14. The standard InChI is InChI=1S/C30H29N3O7S2/c1-3-40-30(39)26-22-14-15-33(18(2)34)17-23(22)42-29(26)32-28(38)27(19-8-5-4-6-9-19)41-21-11-7-10-20(16-21)31-24(35)12-13-25(36)37/h4-13,16,27H,3,14-15,17H2,1-2H3,(H,31,35)(H,32,38)(H,36,37)/b13-12+. The number of rotatable bonds is 10. The third-order valence-corrected chi connectivity index (χ3v) is 8.67. The Morgan fingerprint density at radius 1 is 1.07 bits per heavy atom. The molecule has 0 spiro atoms. The summed E-state index contributed by atoms with van der Waals surface area (Å²) in [6.45, 7) is 4.22. The molecule has 3 aromatic rings. The lowest BCUT2D eigenvalue weighted by Gasteiger charge is -2.25.